The van der Waals surface area contributed by atoms with Crippen molar-refractivity contribution in [1.29, 1.82) is 0 Å². The molecule has 7 nitrogen and oxygen atoms in total. The van der Waals surface area contributed by atoms with Crippen LogP contribution < -0.4 is 10.2 Å². The van der Waals surface area contributed by atoms with E-state index in [4.69, 9.17) is 16.1 Å². The molecule has 2 aromatic carbocycles. The zero-order chi connectivity index (χ0) is 21.1. The lowest BCUT2D eigenvalue weighted by atomic mass is 10.2. The third-order valence-electron chi connectivity index (χ3n) is 4.73. The zero-order valence-electron chi connectivity index (χ0n) is 15.9. The number of halogens is 2. The first-order chi connectivity index (χ1) is 14.5. The fourth-order valence-electron chi connectivity index (χ4n) is 3.22. The van der Waals surface area contributed by atoms with E-state index in [1.807, 2.05) is 0 Å². The minimum Gasteiger partial charge on any atom is -0.339 e. The fourth-order valence-corrected chi connectivity index (χ4v) is 3.51. The first-order valence-corrected chi connectivity index (χ1v) is 9.86. The molecule has 9 heteroatoms. The number of hydrogen-bond acceptors (Lipinski definition) is 5. The van der Waals surface area contributed by atoms with Gasteiger partial charge in [0.25, 0.3) is 0 Å². The van der Waals surface area contributed by atoms with Gasteiger partial charge in [0.2, 0.25) is 23.5 Å². The molecule has 1 saturated heterocycles. The lowest BCUT2D eigenvalue weighted by Crippen LogP contribution is -2.24. The molecule has 1 fully saturated rings. The molecule has 3 aromatic rings. The second-order valence-corrected chi connectivity index (χ2v) is 7.29. The van der Waals surface area contributed by atoms with Crippen molar-refractivity contribution in [2.24, 2.45) is 0 Å². The molecule has 0 bridgehead atoms. The van der Waals surface area contributed by atoms with E-state index >= 15 is 0 Å². The number of benzene rings is 2. The predicted molar refractivity (Wildman–Crippen MR) is 110 cm³/mol. The number of rotatable bonds is 6. The van der Waals surface area contributed by atoms with E-state index in [-0.39, 0.29) is 30.5 Å². The topological polar surface area (TPSA) is 88.3 Å². The smallest absolute Gasteiger partial charge is 0.227 e. The molecule has 0 atom stereocenters. The largest absolute Gasteiger partial charge is 0.339 e. The number of aromatic nitrogens is 2. The van der Waals surface area contributed by atoms with Crippen molar-refractivity contribution in [3.63, 3.8) is 0 Å². The van der Waals surface area contributed by atoms with Crippen LogP contribution in [0.4, 0.5) is 15.8 Å². The summed E-state index contributed by atoms with van der Waals surface area (Å²) < 4.78 is 18.2. The zero-order valence-corrected chi connectivity index (χ0v) is 16.7. The molecule has 0 saturated carbocycles. The van der Waals surface area contributed by atoms with E-state index in [0.717, 1.165) is 6.42 Å². The van der Waals surface area contributed by atoms with Gasteiger partial charge >= 0.3 is 0 Å². The number of carbonyl (C=O) groups excluding carboxylic acids is 2. The third-order valence-corrected chi connectivity index (χ3v) is 5.03. The van der Waals surface area contributed by atoms with Crippen molar-refractivity contribution in [1.82, 2.24) is 10.1 Å². The Hall–Kier alpha value is -3.26. The molecule has 0 spiro atoms. The summed E-state index contributed by atoms with van der Waals surface area (Å²) in [7, 11) is 0. The van der Waals surface area contributed by atoms with Crippen molar-refractivity contribution in [3.8, 4) is 11.4 Å². The molecule has 0 unspecified atom stereocenters. The summed E-state index contributed by atoms with van der Waals surface area (Å²) in [6, 6.07) is 10.8. The van der Waals surface area contributed by atoms with Crippen LogP contribution in [0.1, 0.15) is 25.2 Å². The van der Waals surface area contributed by atoms with Gasteiger partial charge in [0.1, 0.15) is 5.82 Å². The van der Waals surface area contributed by atoms with Gasteiger partial charge in [-0.25, -0.2) is 4.39 Å². The van der Waals surface area contributed by atoms with Crippen LogP contribution in [0.2, 0.25) is 5.02 Å². The van der Waals surface area contributed by atoms with E-state index in [2.05, 4.69) is 15.5 Å². The summed E-state index contributed by atoms with van der Waals surface area (Å²) in [5.74, 6) is 0.111. The van der Waals surface area contributed by atoms with Crippen LogP contribution in [-0.4, -0.2) is 28.5 Å². The minimum atomic E-state index is -0.348. The van der Waals surface area contributed by atoms with E-state index in [9.17, 15) is 14.0 Å². The molecule has 2 heterocycles. The number of hydrogen-bond donors (Lipinski definition) is 1. The molecule has 0 radical (unpaired) electrons. The Morgan fingerprint density at radius 3 is 2.73 bits per heavy atom. The number of aryl methyl sites for hydroxylation is 1. The molecule has 0 aliphatic carbocycles. The fraction of sp³-hybridized carbons (Fsp3) is 0.238. The number of anilines is 2. The van der Waals surface area contributed by atoms with E-state index in [1.165, 1.54) is 12.1 Å². The van der Waals surface area contributed by atoms with Crippen molar-refractivity contribution in [3.05, 3.63) is 59.2 Å². The molecular formula is C21H18ClFN4O3. The number of nitrogens with one attached hydrogen (secondary N) is 1. The first kappa shape index (κ1) is 20.0. The minimum absolute atomic E-state index is 0.0493. The van der Waals surface area contributed by atoms with Gasteiger partial charge in [0.15, 0.2) is 0 Å². The third kappa shape index (κ3) is 4.49. The summed E-state index contributed by atoms with van der Waals surface area (Å²) in [5.41, 5.74) is 1.82. The molecule has 2 amide bonds. The Kier molecular flexibility index (Phi) is 5.76. The SMILES string of the molecule is O=C(CCc1nc(-c2ccc(F)cc2)no1)Nc1ccc(N2CCCC2=O)c(Cl)c1. The predicted octanol–water partition coefficient (Wildman–Crippen LogP) is 4.23. The van der Waals surface area contributed by atoms with Crippen LogP contribution in [0.15, 0.2) is 47.0 Å². The standard InChI is InChI=1S/C21H18ClFN4O3/c22-16-12-15(7-8-17(16)27-11-1-2-20(27)29)24-18(28)9-10-19-25-21(26-30-19)13-3-5-14(23)6-4-13/h3-8,12H,1-2,9-11H2,(H,24,28). The Bertz CT molecular complexity index is 1080. The number of amides is 2. The van der Waals surface area contributed by atoms with Crippen molar-refractivity contribution >= 4 is 34.8 Å². The Morgan fingerprint density at radius 1 is 1.23 bits per heavy atom. The summed E-state index contributed by atoms with van der Waals surface area (Å²) >= 11 is 6.30. The highest BCUT2D eigenvalue weighted by Crippen LogP contribution is 2.31. The molecule has 154 valence electrons. The maximum atomic E-state index is 13.0. The lowest BCUT2D eigenvalue weighted by molar-refractivity contribution is -0.117. The number of nitrogens with zero attached hydrogens (tertiary/aromatic N) is 3. The molecular weight excluding hydrogens is 411 g/mol. The Labute approximate surface area is 176 Å². The molecule has 1 N–H and O–H groups in total. The Balaban J connectivity index is 1.33. The number of carbonyl (C=O) groups is 2. The summed E-state index contributed by atoms with van der Waals surface area (Å²) in [4.78, 5) is 30.0. The highest BCUT2D eigenvalue weighted by molar-refractivity contribution is 6.34. The normalized spacial score (nSPS) is 13.7. The first-order valence-electron chi connectivity index (χ1n) is 9.48. The molecule has 1 aliphatic heterocycles. The second-order valence-electron chi connectivity index (χ2n) is 6.88. The average molecular weight is 429 g/mol. The van der Waals surface area contributed by atoms with Crippen LogP contribution >= 0.6 is 11.6 Å². The van der Waals surface area contributed by atoms with Gasteiger partial charge in [0, 0.05) is 37.1 Å². The van der Waals surface area contributed by atoms with E-state index in [1.54, 1.807) is 35.2 Å². The van der Waals surface area contributed by atoms with Crippen molar-refractivity contribution < 1.29 is 18.5 Å². The molecule has 1 aromatic heterocycles. The van der Waals surface area contributed by atoms with Crippen molar-refractivity contribution in [2.75, 3.05) is 16.8 Å². The maximum Gasteiger partial charge on any atom is 0.227 e. The van der Waals surface area contributed by atoms with Gasteiger partial charge < -0.3 is 14.7 Å². The highest BCUT2D eigenvalue weighted by atomic mass is 35.5. The van der Waals surface area contributed by atoms with Gasteiger partial charge in [-0.2, -0.15) is 4.98 Å². The second kappa shape index (κ2) is 8.62. The van der Waals surface area contributed by atoms with Gasteiger partial charge in [-0.3, -0.25) is 9.59 Å². The maximum absolute atomic E-state index is 13.0. The Morgan fingerprint density at radius 2 is 2.03 bits per heavy atom. The monoisotopic (exact) mass is 428 g/mol. The van der Waals surface area contributed by atoms with Gasteiger partial charge in [-0.15, -0.1) is 0 Å². The van der Waals surface area contributed by atoms with Gasteiger partial charge in [-0.1, -0.05) is 16.8 Å². The van der Waals surface area contributed by atoms with Crippen LogP contribution in [-0.2, 0) is 16.0 Å². The van der Waals surface area contributed by atoms with Crippen LogP contribution in [0.3, 0.4) is 0 Å². The van der Waals surface area contributed by atoms with Gasteiger partial charge in [0.05, 0.1) is 10.7 Å². The average Bonchev–Trinajstić information content (AvgIpc) is 3.36. The molecule has 4 rings (SSSR count). The van der Waals surface area contributed by atoms with Gasteiger partial charge in [-0.05, 0) is 48.9 Å². The summed E-state index contributed by atoms with van der Waals surface area (Å²) in [6.45, 7) is 0.647. The summed E-state index contributed by atoms with van der Waals surface area (Å²) in [5, 5.41) is 7.03. The van der Waals surface area contributed by atoms with Crippen LogP contribution in [0.25, 0.3) is 11.4 Å². The quantitative estimate of drug-likeness (QED) is 0.634. The summed E-state index contributed by atoms with van der Waals surface area (Å²) in [6.07, 6.45) is 1.72. The molecule has 1 aliphatic rings. The van der Waals surface area contributed by atoms with E-state index < -0.39 is 0 Å². The highest BCUT2D eigenvalue weighted by Gasteiger charge is 2.23. The van der Waals surface area contributed by atoms with Crippen LogP contribution in [0.5, 0.6) is 0 Å². The lowest BCUT2D eigenvalue weighted by Gasteiger charge is -2.18. The molecule has 30 heavy (non-hydrogen) atoms. The van der Waals surface area contributed by atoms with E-state index in [0.29, 0.717) is 46.6 Å². The van der Waals surface area contributed by atoms with Crippen molar-refractivity contribution in [2.45, 2.75) is 25.7 Å². The van der Waals surface area contributed by atoms with Crippen LogP contribution in [0, 0.1) is 5.82 Å².